The van der Waals surface area contributed by atoms with Crippen molar-refractivity contribution in [3.63, 3.8) is 0 Å². The molecule has 1 atom stereocenters. The van der Waals surface area contributed by atoms with Gasteiger partial charge in [0, 0.05) is 41.5 Å². The molecule has 1 unspecified atom stereocenters. The molecule has 0 saturated carbocycles. The van der Waals surface area contributed by atoms with E-state index in [1.165, 1.54) is 11.0 Å². The van der Waals surface area contributed by atoms with Crippen molar-refractivity contribution in [2.75, 3.05) is 18.5 Å². The summed E-state index contributed by atoms with van der Waals surface area (Å²) in [6.45, 7) is 0.912. The number of pyridine rings is 1. The van der Waals surface area contributed by atoms with Crippen LogP contribution in [0.2, 0.25) is 5.02 Å². The molecule has 0 spiro atoms. The lowest BCUT2D eigenvalue weighted by Crippen LogP contribution is -2.15. The number of hydrogen-bond donors (Lipinski definition) is 2. The summed E-state index contributed by atoms with van der Waals surface area (Å²) in [5.41, 5.74) is 13.2. The van der Waals surface area contributed by atoms with Crippen LogP contribution in [0.15, 0.2) is 136 Å². The fourth-order valence-electron chi connectivity index (χ4n) is 6.42. The average Bonchev–Trinajstić information content (AvgIpc) is 3.67. The highest BCUT2D eigenvalue weighted by Gasteiger charge is 2.21. The van der Waals surface area contributed by atoms with E-state index in [0.29, 0.717) is 51.4 Å². The van der Waals surface area contributed by atoms with E-state index in [9.17, 15) is 17.4 Å². The first-order chi connectivity index (χ1) is 26.5. The lowest BCUT2D eigenvalue weighted by atomic mass is 9.98. The number of nitrogens with zero attached hydrogens (tertiary/aromatic N) is 1. The van der Waals surface area contributed by atoms with Crippen LogP contribution in [0.5, 0.6) is 5.75 Å². The van der Waals surface area contributed by atoms with Gasteiger partial charge in [0.15, 0.2) is 9.84 Å². The minimum absolute atomic E-state index is 0.323. The van der Waals surface area contributed by atoms with E-state index in [2.05, 4.69) is 35.5 Å². The van der Waals surface area contributed by atoms with Gasteiger partial charge in [0.05, 0.1) is 28.3 Å². The molecule has 0 bridgehead atoms. The molecule has 3 heterocycles. The second-order valence-electron chi connectivity index (χ2n) is 13.1. The SMILES string of the molecule is C=S1(=O)C=Cc2ccc(NC(=O)c3cc(Cl)ccc3OCCCN)cc21.O=S1(=O)C=Cc2ccc(CCc3cc(-c4ccccc4)nc4ccccc34)cc21. The molecule has 1 amide bonds. The van der Waals surface area contributed by atoms with E-state index in [0.717, 1.165) is 51.7 Å². The second-order valence-corrected chi connectivity index (χ2v) is 17.5. The van der Waals surface area contributed by atoms with Crippen LogP contribution in [0.3, 0.4) is 0 Å². The molecule has 5 aromatic carbocycles. The van der Waals surface area contributed by atoms with Crippen molar-refractivity contribution in [3.05, 3.63) is 159 Å². The van der Waals surface area contributed by atoms with Gasteiger partial charge in [0.2, 0.25) is 0 Å². The van der Waals surface area contributed by atoms with Gasteiger partial charge in [-0.05, 0) is 120 Å². The van der Waals surface area contributed by atoms with Crippen LogP contribution in [0.25, 0.3) is 34.3 Å². The number of nitrogens with one attached hydrogen (secondary N) is 1. The Labute approximate surface area is 326 Å². The molecule has 11 heteroatoms. The predicted molar refractivity (Wildman–Crippen MR) is 225 cm³/mol. The number of para-hydroxylation sites is 1. The quantitative estimate of drug-likeness (QED) is 0.105. The van der Waals surface area contributed by atoms with Crippen molar-refractivity contribution >= 4 is 71.5 Å². The third kappa shape index (κ3) is 8.58. The number of anilines is 1. The predicted octanol–water partition coefficient (Wildman–Crippen LogP) is 8.82. The number of halogens is 1. The van der Waals surface area contributed by atoms with Crippen LogP contribution >= 0.6 is 11.6 Å². The van der Waals surface area contributed by atoms with Crippen molar-refractivity contribution in [1.29, 1.82) is 0 Å². The van der Waals surface area contributed by atoms with Gasteiger partial charge in [-0.3, -0.25) is 9.00 Å². The molecular formula is C44H38ClN3O5S2. The van der Waals surface area contributed by atoms with E-state index in [1.807, 2.05) is 54.6 Å². The second kappa shape index (κ2) is 16.1. The van der Waals surface area contributed by atoms with Gasteiger partial charge in [-0.1, -0.05) is 78.3 Å². The fourth-order valence-corrected chi connectivity index (χ4v) is 9.22. The van der Waals surface area contributed by atoms with Gasteiger partial charge < -0.3 is 15.8 Å². The van der Waals surface area contributed by atoms with Gasteiger partial charge in [0.1, 0.15) is 5.75 Å². The highest BCUT2D eigenvalue weighted by Crippen LogP contribution is 2.32. The third-order valence-electron chi connectivity index (χ3n) is 9.27. The van der Waals surface area contributed by atoms with Gasteiger partial charge in [-0.15, -0.1) is 0 Å². The topological polar surface area (TPSA) is 128 Å². The van der Waals surface area contributed by atoms with Crippen molar-refractivity contribution < 1.29 is 22.2 Å². The molecule has 8 rings (SSSR count). The van der Waals surface area contributed by atoms with Crippen LogP contribution in [0.1, 0.15) is 39.0 Å². The Kier molecular flexibility index (Phi) is 11.0. The smallest absolute Gasteiger partial charge is 0.259 e. The Morgan fingerprint density at radius 3 is 2.36 bits per heavy atom. The fraction of sp³-hybridized carbons (Fsp3) is 0.114. The number of ether oxygens (including phenoxy) is 1. The normalized spacial score (nSPS) is 15.9. The summed E-state index contributed by atoms with van der Waals surface area (Å²) >= 11 is 6.03. The summed E-state index contributed by atoms with van der Waals surface area (Å²) in [5.74, 6) is 3.81. The molecule has 278 valence electrons. The number of carbonyl (C=O) groups is 1. The molecule has 3 N–H and O–H groups in total. The zero-order valence-electron chi connectivity index (χ0n) is 29.8. The Balaban J connectivity index is 0.000000170. The number of fused-ring (bicyclic) bond motifs is 3. The van der Waals surface area contributed by atoms with Crippen molar-refractivity contribution in [2.45, 2.75) is 29.1 Å². The standard InChI is InChI=1S/C25H19NO2S.C19H19ClN2O3S/c27-29(28)15-14-20-12-10-18(16-25(20)29)11-13-21-17-24(19-6-2-1-3-7-19)26-23-9-5-4-8-22(21)23;1-26(24)10-7-13-3-5-15(12-18(13)26)22-19(23)16-11-14(20)4-6-17(16)25-9-2-8-21/h1-10,12,14-17H,11,13H2;3-7,10-12H,1-2,8-9,21H2,(H,22,23). The Morgan fingerprint density at radius 1 is 0.800 bits per heavy atom. The van der Waals surface area contributed by atoms with Crippen LogP contribution in [0, 0.1) is 0 Å². The molecule has 2 aliphatic rings. The molecule has 2 aliphatic heterocycles. The summed E-state index contributed by atoms with van der Waals surface area (Å²) in [6, 6.07) is 36.3. The number of aromatic nitrogens is 1. The first kappa shape index (κ1) is 37.8. The minimum Gasteiger partial charge on any atom is -0.493 e. The van der Waals surface area contributed by atoms with E-state index in [4.69, 9.17) is 27.1 Å². The van der Waals surface area contributed by atoms with Gasteiger partial charge in [-0.2, -0.15) is 0 Å². The Bertz CT molecular complexity index is 2710. The van der Waals surface area contributed by atoms with E-state index < -0.39 is 19.4 Å². The molecular weight excluding hydrogens is 750 g/mol. The molecule has 0 aliphatic carbocycles. The van der Waals surface area contributed by atoms with Crippen molar-refractivity contribution in [3.8, 4) is 17.0 Å². The molecule has 55 heavy (non-hydrogen) atoms. The van der Waals surface area contributed by atoms with Gasteiger partial charge in [-0.25, -0.2) is 13.4 Å². The summed E-state index contributed by atoms with van der Waals surface area (Å²) in [7, 11) is -5.73. The summed E-state index contributed by atoms with van der Waals surface area (Å²) in [4.78, 5) is 18.6. The number of aryl methyl sites for hydroxylation is 2. The first-order valence-electron chi connectivity index (χ1n) is 17.6. The van der Waals surface area contributed by atoms with E-state index in [1.54, 1.807) is 54.0 Å². The minimum atomic E-state index is -3.28. The van der Waals surface area contributed by atoms with Gasteiger partial charge in [0.25, 0.3) is 5.91 Å². The third-order valence-corrected chi connectivity index (χ3v) is 12.6. The van der Waals surface area contributed by atoms with Crippen molar-refractivity contribution in [2.24, 2.45) is 5.73 Å². The Morgan fingerprint density at radius 2 is 1.55 bits per heavy atom. The zero-order valence-corrected chi connectivity index (χ0v) is 32.2. The maximum atomic E-state index is 12.7. The molecule has 0 saturated heterocycles. The largest absolute Gasteiger partial charge is 0.493 e. The number of carbonyl (C=O) groups excluding carboxylic acids is 1. The number of sulfone groups is 1. The first-order valence-corrected chi connectivity index (χ1v) is 21.4. The number of amides is 1. The van der Waals surface area contributed by atoms with Crippen LogP contribution in [-0.4, -0.2) is 42.5 Å². The monoisotopic (exact) mass is 787 g/mol. The van der Waals surface area contributed by atoms with Crippen LogP contribution in [0.4, 0.5) is 5.69 Å². The maximum absolute atomic E-state index is 12.7. The number of hydrogen-bond acceptors (Lipinski definition) is 7. The summed E-state index contributed by atoms with van der Waals surface area (Å²) in [6.07, 6.45) is 5.70. The summed E-state index contributed by atoms with van der Waals surface area (Å²) < 4.78 is 42.4. The lowest BCUT2D eigenvalue weighted by molar-refractivity contribution is 0.102. The summed E-state index contributed by atoms with van der Waals surface area (Å²) in [5, 5.41) is 7.24. The average molecular weight is 788 g/mol. The number of nitrogens with two attached hydrogens (primary N) is 1. The van der Waals surface area contributed by atoms with Crippen molar-refractivity contribution in [1.82, 2.24) is 4.98 Å². The highest BCUT2D eigenvalue weighted by molar-refractivity contribution is 8.03. The van der Waals surface area contributed by atoms with E-state index >= 15 is 0 Å². The number of rotatable bonds is 10. The molecule has 0 fully saturated rings. The van der Waals surface area contributed by atoms with Crippen LogP contribution < -0.4 is 15.8 Å². The van der Waals surface area contributed by atoms with Gasteiger partial charge >= 0.3 is 0 Å². The maximum Gasteiger partial charge on any atom is 0.259 e. The molecule has 0 radical (unpaired) electrons. The molecule has 1 aromatic heterocycles. The zero-order chi connectivity index (χ0) is 38.6. The number of benzene rings is 5. The highest BCUT2D eigenvalue weighted by atomic mass is 35.5. The molecule has 6 aromatic rings. The lowest BCUT2D eigenvalue weighted by Gasteiger charge is -2.13. The van der Waals surface area contributed by atoms with Crippen LogP contribution in [-0.2, 0) is 32.2 Å². The molecule has 8 nitrogen and oxygen atoms in total. The van der Waals surface area contributed by atoms with E-state index in [-0.39, 0.29) is 5.91 Å². The Hall–Kier alpha value is -5.52.